The van der Waals surface area contributed by atoms with E-state index in [1.54, 1.807) is 39.0 Å². The monoisotopic (exact) mass is 350 g/mol. The van der Waals surface area contributed by atoms with Gasteiger partial charge in [0.15, 0.2) is 0 Å². The van der Waals surface area contributed by atoms with Crippen molar-refractivity contribution in [1.82, 2.24) is 4.90 Å². The van der Waals surface area contributed by atoms with Crippen molar-refractivity contribution in [2.75, 3.05) is 6.54 Å². The maximum Gasteiger partial charge on any atom is 0.338 e. The standard InChI is InChI=1S/C17H22N2O6/c1-16(2,3)25-15(22)17(14(20)21)9-6-10-18(17)11-12-7-4-5-8-13(12)19(23)24/h4-5,7-8H,6,9-11H2,1-3H3,(H,20,21)/t17-/m0/s1. The van der Waals surface area contributed by atoms with Gasteiger partial charge in [-0.05, 0) is 33.6 Å². The fourth-order valence-electron chi connectivity index (χ4n) is 3.04. The minimum atomic E-state index is -1.82. The highest BCUT2D eigenvalue weighted by Crippen LogP contribution is 2.35. The number of esters is 1. The molecule has 2 rings (SSSR count). The Hall–Kier alpha value is -2.48. The number of aliphatic carboxylic acids is 1. The Bertz CT molecular complexity index is 697. The number of nitro groups is 1. The predicted molar refractivity (Wildman–Crippen MR) is 89.0 cm³/mol. The number of hydrogen-bond acceptors (Lipinski definition) is 6. The Morgan fingerprint density at radius 2 is 2.00 bits per heavy atom. The van der Waals surface area contributed by atoms with Crippen LogP contribution >= 0.6 is 0 Å². The van der Waals surface area contributed by atoms with E-state index in [0.29, 0.717) is 18.5 Å². The lowest BCUT2D eigenvalue weighted by molar-refractivity contribution is -0.385. The predicted octanol–water partition coefficient (Wildman–Crippen LogP) is 2.36. The molecule has 0 amide bonds. The molecule has 1 atom stereocenters. The molecule has 1 aromatic carbocycles. The first kappa shape index (κ1) is 18.9. The van der Waals surface area contributed by atoms with Crippen LogP contribution in [0.4, 0.5) is 5.69 Å². The first-order valence-corrected chi connectivity index (χ1v) is 8.02. The summed E-state index contributed by atoms with van der Waals surface area (Å²) >= 11 is 0. The van der Waals surface area contributed by atoms with Gasteiger partial charge in [0.2, 0.25) is 5.54 Å². The van der Waals surface area contributed by atoms with Crippen LogP contribution in [-0.2, 0) is 20.9 Å². The first-order chi connectivity index (χ1) is 11.6. The number of ether oxygens (including phenoxy) is 1. The molecular weight excluding hydrogens is 328 g/mol. The number of benzene rings is 1. The number of likely N-dealkylation sites (tertiary alicyclic amines) is 1. The van der Waals surface area contributed by atoms with E-state index in [2.05, 4.69) is 0 Å². The zero-order valence-corrected chi connectivity index (χ0v) is 14.5. The highest BCUT2D eigenvalue weighted by atomic mass is 16.6. The average Bonchev–Trinajstić information content (AvgIpc) is 2.90. The van der Waals surface area contributed by atoms with Crippen molar-refractivity contribution in [2.45, 2.75) is 51.3 Å². The summed E-state index contributed by atoms with van der Waals surface area (Å²) in [4.78, 5) is 36.8. The van der Waals surface area contributed by atoms with Gasteiger partial charge in [-0.3, -0.25) is 15.0 Å². The molecule has 8 heteroatoms. The van der Waals surface area contributed by atoms with Crippen LogP contribution in [0.15, 0.2) is 24.3 Å². The fraction of sp³-hybridized carbons (Fsp3) is 0.529. The van der Waals surface area contributed by atoms with Gasteiger partial charge in [-0.1, -0.05) is 18.2 Å². The van der Waals surface area contributed by atoms with E-state index in [4.69, 9.17) is 4.74 Å². The van der Waals surface area contributed by atoms with Crippen molar-refractivity contribution in [3.8, 4) is 0 Å². The molecule has 0 spiro atoms. The van der Waals surface area contributed by atoms with Crippen molar-refractivity contribution < 1.29 is 24.4 Å². The second-order valence-corrected chi connectivity index (χ2v) is 7.08. The van der Waals surface area contributed by atoms with Crippen molar-refractivity contribution in [3.05, 3.63) is 39.9 Å². The zero-order chi connectivity index (χ0) is 18.8. The Morgan fingerprint density at radius 3 is 2.56 bits per heavy atom. The summed E-state index contributed by atoms with van der Waals surface area (Å²) in [6, 6.07) is 6.12. The number of rotatable bonds is 5. The minimum Gasteiger partial charge on any atom is -0.479 e. The third kappa shape index (κ3) is 3.79. The number of carbonyl (C=O) groups excluding carboxylic acids is 1. The van der Waals surface area contributed by atoms with Crippen LogP contribution < -0.4 is 0 Å². The van der Waals surface area contributed by atoms with Gasteiger partial charge in [0, 0.05) is 24.7 Å². The van der Waals surface area contributed by atoms with Gasteiger partial charge in [0.1, 0.15) is 5.60 Å². The smallest absolute Gasteiger partial charge is 0.338 e. The van der Waals surface area contributed by atoms with Crippen molar-refractivity contribution >= 4 is 17.6 Å². The Kier molecular flexibility index (Phi) is 5.12. The van der Waals surface area contributed by atoms with Gasteiger partial charge in [-0.15, -0.1) is 0 Å². The molecule has 1 aliphatic heterocycles. The van der Waals surface area contributed by atoms with Crippen LogP contribution in [0.2, 0.25) is 0 Å². The maximum atomic E-state index is 12.7. The molecule has 1 saturated heterocycles. The van der Waals surface area contributed by atoms with Gasteiger partial charge in [0.25, 0.3) is 5.69 Å². The number of para-hydroxylation sites is 1. The quantitative estimate of drug-likeness (QED) is 0.375. The molecule has 1 fully saturated rings. The molecular formula is C17H22N2O6. The van der Waals surface area contributed by atoms with Crippen molar-refractivity contribution in [1.29, 1.82) is 0 Å². The number of carbonyl (C=O) groups is 2. The van der Waals surface area contributed by atoms with Crippen LogP contribution in [0, 0.1) is 10.1 Å². The molecule has 8 nitrogen and oxygen atoms in total. The average molecular weight is 350 g/mol. The van der Waals surface area contributed by atoms with E-state index < -0.39 is 28.0 Å². The number of carboxylic acids is 1. The lowest BCUT2D eigenvalue weighted by atomic mass is 9.95. The summed E-state index contributed by atoms with van der Waals surface area (Å²) < 4.78 is 5.34. The number of nitrogens with zero attached hydrogens (tertiary/aromatic N) is 2. The molecule has 1 heterocycles. The Morgan fingerprint density at radius 1 is 1.36 bits per heavy atom. The van der Waals surface area contributed by atoms with Crippen LogP contribution in [0.25, 0.3) is 0 Å². The van der Waals surface area contributed by atoms with Crippen LogP contribution in [0.1, 0.15) is 39.2 Å². The van der Waals surface area contributed by atoms with Crippen molar-refractivity contribution in [3.63, 3.8) is 0 Å². The van der Waals surface area contributed by atoms with Crippen molar-refractivity contribution in [2.24, 2.45) is 0 Å². The topological polar surface area (TPSA) is 110 Å². The summed E-state index contributed by atoms with van der Waals surface area (Å²) in [7, 11) is 0. The third-order valence-corrected chi connectivity index (χ3v) is 4.15. The Balaban J connectivity index is 2.38. The highest BCUT2D eigenvalue weighted by molar-refractivity contribution is 6.04. The van der Waals surface area contributed by atoms with E-state index in [1.807, 2.05) is 0 Å². The SMILES string of the molecule is CC(C)(C)OC(=O)[C@@]1(C(=O)O)CCCN1Cc1ccccc1[N+](=O)[O-]. The summed E-state index contributed by atoms with van der Waals surface area (Å²) in [5.41, 5.74) is -2.38. The molecule has 0 aliphatic carbocycles. The number of hydrogen-bond donors (Lipinski definition) is 1. The summed E-state index contributed by atoms with van der Waals surface area (Å²) in [5, 5.41) is 21.0. The first-order valence-electron chi connectivity index (χ1n) is 8.02. The van der Waals surface area contributed by atoms with Crippen LogP contribution in [0.5, 0.6) is 0 Å². The second-order valence-electron chi connectivity index (χ2n) is 7.08. The molecule has 25 heavy (non-hydrogen) atoms. The lowest BCUT2D eigenvalue weighted by Crippen LogP contribution is -2.58. The number of carboxylic acid groups (broad SMARTS) is 1. The molecule has 136 valence electrons. The normalized spacial score (nSPS) is 21.1. The molecule has 0 unspecified atom stereocenters. The zero-order valence-electron chi connectivity index (χ0n) is 14.5. The molecule has 1 aliphatic rings. The maximum absolute atomic E-state index is 12.7. The molecule has 1 N–H and O–H groups in total. The van der Waals surface area contributed by atoms with E-state index in [0.717, 1.165) is 0 Å². The number of nitro benzene ring substituents is 1. The third-order valence-electron chi connectivity index (χ3n) is 4.15. The van der Waals surface area contributed by atoms with E-state index >= 15 is 0 Å². The van der Waals surface area contributed by atoms with Crippen LogP contribution in [0.3, 0.4) is 0 Å². The molecule has 0 aromatic heterocycles. The molecule has 1 aromatic rings. The fourth-order valence-corrected chi connectivity index (χ4v) is 3.04. The van der Waals surface area contributed by atoms with Gasteiger partial charge >= 0.3 is 11.9 Å². The summed E-state index contributed by atoms with van der Waals surface area (Å²) in [6.07, 6.45) is 0.601. The minimum absolute atomic E-state index is 0.0112. The van der Waals surface area contributed by atoms with E-state index in [1.165, 1.54) is 11.0 Å². The molecule has 0 saturated carbocycles. The van der Waals surface area contributed by atoms with Crippen LogP contribution in [-0.4, -0.2) is 44.6 Å². The van der Waals surface area contributed by atoms with Gasteiger partial charge in [-0.2, -0.15) is 0 Å². The second kappa shape index (κ2) is 6.79. The van der Waals surface area contributed by atoms with E-state index in [9.17, 15) is 24.8 Å². The summed E-state index contributed by atoms with van der Waals surface area (Å²) in [5.74, 6) is -2.12. The van der Waals surface area contributed by atoms with Gasteiger partial charge < -0.3 is 9.84 Å². The highest BCUT2D eigenvalue weighted by Gasteiger charge is 2.56. The molecule has 0 radical (unpaired) electrons. The van der Waals surface area contributed by atoms with E-state index in [-0.39, 0.29) is 18.7 Å². The Labute approximate surface area is 145 Å². The van der Waals surface area contributed by atoms with Gasteiger partial charge in [0.05, 0.1) is 4.92 Å². The molecule has 0 bridgehead atoms. The largest absolute Gasteiger partial charge is 0.479 e. The summed E-state index contributed by atoms with van der Waals surface area (Å²) in [6.45, 7) is 5.34. The lowest BCUT2D eigenvalue weighted by Gasteiger charge is -2.34. The van der Waals surface area contributed by atoms with Gasteiger partial charge in [-0.25, -0.2) is 9.59 Å².